The van der Waals surface area contributed by atoms with Gasteiger partial charge >= 0.3 is 5.97 Å². The van der Waals surface area contributed by atoms with E-state index in [4.69, 9.17) is 0 Å². The Morgan fingerprint density at radius 3 is 2.78 bits per heavy atom. The molecule has 0 aliphatic carbocycles. The van der Waals surface area contributed by atoms with Crippen molar-refractivity contribution in [2.24, 2.45) is 0 Å². The van der Waals surface area contributed by atoms with Gasteiger partial charge in [-0.1, -0.05) is 12.1 Å². The number of aromatic carboxylic acids is 1. The van der Waals surface area contributed by atoms with Gasteiger partial charge in [0, 0.05) is 17.5 Å². The molecule has 0 saturated heterocycles. The summed E-state index contributed by atoms with van der Waals surface area (Å²) in [6.45, 7) is 3.76. The average Bonchev–Trinajstić information content (AvgIpc) is 2.86. The fourth-order valence-electron chi connectivity index (χ4n) is 2.54. The number of nitrogens with zero attached hydrogens (tertiary/aromatic N) is 2. The molecule has 3 rings (SSSR count). The molecule has 1 aromatic carbocycles. The normalized spacial score (nSPS) is 11.1. The van der Waals surface area contributed by atoms with Gasteiger partial charge in [-0.25, -0.2) is 13.9 Å². The second-order valence-electron chi connectivity index (χ2n) is 5.05. The summed E-state index contributed by atoms with van der Waals surface area (Å²) in [6, 6.07) is 5.88. The van der Waals surface area contributed by atoms with Crippen molar-refractivity contribution in [2.45, 2.75) is 20.4 Å². The quantitative estimate of drug-likeness (QED) is 0.799. The summed E-state index contributed by atoms with van der Waals surface area (Å²) >= 11 is 0.935. The van der Waals surface area contributed by atoms with Gasteiger partial charge in [0.05, 0.1) is 0 Å². The van der Waals surface area contributed by atoms with Gasteiger partial charge in [0.2, 0.25) is 0 Å². The van der Waals surface area contributed by atoms with Crippen molar-refractivity contribution in [1.29, 1.82) is 0 Å². The van der Waals surface area contributed by atoms with Crippen molar-refractivity contribution in [3.8, 4) is 11.3 Å². The van der Waals surface area contributed by atoms with Gasteiger partial charge in [0.15, 0.2) is 0 Å². The first-order chi connectivity index (χ1) is 10.9. The zero-order valence-electron chi connectivity index (χ0n) is 12.5. The van der Waals surface area contributed by atoms with Gasteiger partial charge in [-0.2, -0.15) is 5.10 Å². The van der Waals surface area contributed by atoms with Crippen LogP contribution in [0.3, 0.4) is 0 Å². The van der Waals surface area contributed by atoms with E-state index < -0.39 is 11.8 Å². The lowest BCUT2D eigenvalue weighted by Gasteiger charge is -2.08. The molecule has 7 heteroatoms. The van der Waals surface area contributed by atoms with Gasteiger partial charge < -0.3 is 5.11 Å². The molecule has 0 amide bonds. The molecule has 118 valence electrons. The number of carbonyl (C=O) groups is 1. The molecule has 2 heterocycles. The molecule has 0 aliphatic rings. The summed E-state index contributed by atoms with van der Waals surface area (Å²) in [6.07, 6.45) is 0. The second-order valence-corrected chi connectivity index (χ2v) is 6.07. The maximum Gasteiger partial charge on any atom is 0.346 e. The Kier molecular flexibility index (Phi) is 3.73. The zero-order valence-corrected chi connectivity index (χ0v) is 13.3. The van der Waals surface area contributed by atoms with Crippen LogP contribution in [0.4, 0.5) is 4.39 Å². The average molecular weight is 332 g/mol. The number of aromatic nitrogens is 2. The minimum atomic E-state index is -1.09. The zero-order chi connectivity index (χ0) is 16.7. The number of thiophene rings is 1. The third kappa shape index (κ3) is 2.43. The standard InChI is InChI=1S/C16H13FN2O3S/c1-3-19-15(20)14-11(8(2)13(23-14)16(21)22)12(18-19)9-5-4-6-10(17)7-9/h4-7H,3H2,1-2H3,(H,21,22). The van der Waals surface area contributed by atoms with E-state index in [1.807, 2.05) is 0 Å². The minimum absolute atomic E-state index is 0.102. The Bertz CT molecular complexity index is 991. The number of fused-ring (bicyclic) bond motifs is 1. The number of halogens is 1. The van der Waals surface area contributed by atoms with E-state index >= 15 is 0 Å². The van der Waals surface area contributed by atoms with Gasteiger partial charge in [-0.3, -0.25) is 4.79 Å². The van der Waals surface area contributed by atoms with Crippen LogP contribution < -0.4 is 5.56 Å². The molecule has 3 aromatic rings. The van der Waals surface area contributed by atoms with E-state index in [1.54, 1.807) is 26.0 Å². The number of carboxylic acid groups (broad SMARTS) is 1. The molecule has 2 aromatic heterocycles. The Hall–Kier alpha value is -2.54. The monoisotopic (exact) mass is 332 g/mol. The molecule has 1 N–H and O–H groups in total. The number of rotatable bonds is 3. The first-order valence-electron chi connectivity index (χ1n) is 6.97. The number of benzene rings is 1. The molecule has 23 heavy (non-hydrogen) atoms. The number of hydrogen-bond donors (Lipinski definition) is 1. The molecular weight excluding hydrogens is 319 g/mol. The summed E-state index contributed by atoms with van der Waals surface area (Å²) in [5.74, 6) is -1.51. The van der Waals surface area contributed by atoms with Crippen LogP contribution >= 0.6 is 11.3 Å². The predicted octanol–water partition coefficient (Wildman–Crippen LogP) is 3.29. The molecule has 0 bridgehead atoms. The highest BCUT2D eigenvalue weighted by molar-refractivity contribution is 7.21. The molecule has 0 fully saturated rings. The van der Waals surface area contributed by atoms with Crippen molar-refractivity contribution in [3.05, 3.63) is 50.9 Å². The van der Waals surface area contributed by atoms with Crippen LogP contribution in [-0.4, -0.2) is 20.9 Å². The maximum absolute atomic E-state index is 13.6. The number of hydrogen-bond acceptors (Lipinski definition) is 4. The Balaban J connectivity index is 2.48. The lowest BCUT2D eigenvalue weighted by Crippen LogP contribution is -2.22. The van der Waals surface area contributed by atoms with Crippen molar-refractivity contribution in [2.75, 3.05) is 0 Å². The largest absolute Gasteiger partial charge is 0.477 e. The highest BCUT2D eigenvalue weighted by Gasteiger charge is 2.22. The number of carboxylic acids is 1. The van der Waals surface area contributed by atoms with Gasteiger partial charge in [-0.15, -0.1) is 11.3 Å². The third-order valence-electron chi connectivity index (χ3n) is 3.62. The van der Waals surface area contributed by atoms with Crippen molar-refractivity contribution in [3.63, 3.8) is 0 Å². The first kappa shape index (κ1) is 15.4. The van der Waals surface area contributed by atoms with Crippen LogP contribution in [0.15, 0.2) is 29.1 Å². The van der Waals surface area contributed by atoms with Gasteiger partial charge in [-0.05, 0) is 31.5 Å². The smallest absolute Gasteiger partial charge is 0.346 e. The van der Waals surface area contributed by atoms with Crippen LogP contribution in [-0.2, 0) is 6.54 Å². The second kappa shape index (κ2) is 5.58. The molecular formula is C16H13FN2O3S. The maximum atomic E-state index is 13.6. The fourth-order valence-corrected chi connectivity index (χ4v) is 3.63. The van der Waals surface area contributed by atoms with Crippen LogP contribution in [0.2, 0.25) is 0 Å². The van der Waals surface area contributed by atoms with Crippen molar-refractivity contribution < 1.29 is 14.3 Å². The van der Waals surface area contributed by atoms with Crippen LogP contribution in [0.1, 0.15) is 22.2 Å². The van der Waals surface area contributed by atoms with Crippen molar-refractivity contribution in [1.82, 2.24) is 9.78 Å². The summed E-state index contributed by atoms with van der Waals surface area (Å²) in [5.41, 5.74) is 1.07. The molecule has 0 atom stereocenters. The molecule has 0 unspecified atom stereocenters. The van der Waals surface area contributed by atoms with E-state index in [9.17, 15) is 19.1 Å². The minimum Gasteiger partial charge on any atom is -0.477 e. The lowest BCUT2D eigenvalue weighted by molar-refractivity contribution is 0.0701. The van der Waals surface area contributed by atoms with Crippen LogP contribution in [0.25, 0.3) is 21.3 Å². The summed E-state index contributed by atoms with van der Waals surface area (Å²) < 4.78 is 15.2. The third-order valence-corrected chi connectivity index (χ3v) is 4.89. The van der Waals surface area contributed by atoms with E-state index in [1.165, 1.54) is 16.8 Å². The van der Waals surface area contributed by atoms with Crippen molar-refractivity contribution >= 4 is 27.4 Å². The summed E-state index contributed by atoms with van der Waals surface area (Å²) in [4.78, 5) is 23.9. The molecule has 5 nitrogen and oxygen atoms in total. The highest BCUT2D eigenvalue weighted by Crippen LogP contribution is 2.34. The van der Waals surface area contributed by atoms with E-state index in [-0.39, 0.29) is 10.4 Å². The van der Waals surface area contributed by atoms with Crippen LogP contribution in [0.5, 0.6) is 0 Å². The van der Waals surface area contributed by atoms with E-state index in [0.29, 0.717) is 33.5 Å². The molecule has 0 spiro atoms. The van der Waals surface area contributed by atoms with E-state index in [0.717, 1.165) is 11.3 Å². The van der Waals surface area contributed by atoms with E-state index in [2.05, 4.69) is 5.10 Å². The molecule has 0 saturated carbocycles. The SMILES string of the molecule is CCn1nc(-c2cccc(F)c2)c2c(C)c(C(=O)O)sc2c1=O. The van der Waals surface area contributed by atoms with Gasteiger partial charge in [0.25, 0.3) is 5.56 Å². The predicted molar refractivity (Wildman–Crippen MR) is 86.6 cm³/mol. The van der Waals surface area contributed by atoms with Crippen LogP contribution in [0, 0.1) is 12.7 Å². The first-order valence-corrected chi connectivity index (χ1v) is 7.79. The van der Waals surface area contributed by atoms with Gasteiger partial charge in [0.1, 0.15) is 21.1 Å². The Morgan fingerprint density at radius 2 is 2.17 bits per heavy atom. The number of aryl methyl sites for hydroxylation is 2. The topological polar surface area (TPSA) is 72.2 Å². The lowest BCUT2D eigenvalue weighted by atomic mass is 10.0. The summed E-state index contributed by atoms with van der Waals surface area (Å²) in [7, 11) is 0. The summed E-state index contributed by atoms with van der Waals surface area (Å²) in [5, 5.41) is 14.1. The fraction of sp³-hybridized carbons (Fsp3) is 0.188. The Morgan fingerprint density at radius 1 is 1.43 bits per heavy atom. The Labute approximate surface area is 134 Å². The highest BCUT2D eigenvalue weighted by atomic mass is 32.1. The molecule has 0 radical (unpaired) electrons. The molecule has 0 aliphatic heterocycles.